The van der Waals surface area contributed by atoms with Crippen molar-refractivity contribution >= 4 is 11.9 Å². The van der Waals surface area contributed by atoms with E-state index < -0.39 is 30.2 Å². The van der Waals surface area contributed by atoms with E-state index in [1.165, 1.54) is 24.3 Å². The number of benzene rings is 1. The van der Waals surface area contributed by atoms with Crippen molar-refractivity contribution in [3.63, 3.8) is 0 Å². The minimum absolute atomic E-state index is 0.00372. The van der Waals surface area contributed by atoms with Gasteiger partial charge in [-0.05, 0) is 44.5 Å². The minimum atomic E-state index is -4.43. The van der Waals surface area contributed by atoms with Crippen molar-refractivity contribution in [2.24, 2.45) is 0 Å². The van der Waals surface area contributed by atoms with Gasteiger partial charge in [0.15, 0.2) is 6.61 Å². The number of amides is 1. The fourth-order valence-electron chi connectivity index (χ4n) is 1.73. The maximum Gasteiger partial charge on any atom is 0.422 e. The Hall–Kier alpha value is -2.25. The summed E-state index contributed by atoms with van der Waals surface area (Å²) in [5, 5.41) is 11.3. The molecule has 8 heteroatoms. The van der Waals surface area contributed by atoms with E-state index in [9.17, 15) is 22.8 Å². The topological polar surface area (TPSA) is 75.6 Å². The summed E-state index contributed by atoms with van der Waals surface area (Å²) < 4.78 is 40.6. The van der Waals surface area contributed by atoms with Crippen LogP contribution in [-0.2, 0) is 4.79 Å². The van der Waals surface area contributed by atoms with Gasteiger partial charge >= 0.3 is 12.1 Å². The maximum absolute atomic E-state index is 12.1. The number of hydrogen-bond acceptors (Lipinski definition) is 3. The molecule has 2 N–H and O–H groups in total. The van der Waals surface area contributed by atoms with Crippen molar-refractivity contribution in [1.82, 2.24) is 5.32 Å². The van der Waals surface area contributed by atoms with Crippen molar-refractivity contribution in [3.8, 4) is 5.75 Å². The summed E-state index contributed by atoms with van der Waals surface area (Å²) in [5.41, 5.74) is -0.478. The Labute approximate surface area is 131 Å². The molecule has 128 valence electrons. The van der Waals surface area contributed by atoms with Gasteiger partial charge in [-0.3, -0.25) is 9.59 Å². The molecule has 0 atom stereocenters. The van der Waals surface area contributed by atoms with Gasteiger partial charge in [0, 0.05) is 17.5 Å². The van der Waals surface area contributed by atoms with Gasteiger partial charge in [-0.25, -0.2) is 0 Å². The Morgan fingerprint density at radius 3 is 2.22 bits per heavy atom. The predicted octanol–water partition coefficient (Wildman–Crippen LogP) is 3.00. The van der Waals surface area contributed by atoms with Crippen LogP contribution in [0.1, 0.15) is 37.0 Å². The first-order valence-corrected chi connectivity index (χ1v) is 6.82. The number of carboxylic acid groups (broad SMARTS) is 1. The first-order chi connectivity index (χ1) is 10.5. The summed E-state index contributed by atoms with van der Waals surface area (Å²) in [6.45, 7) is 1.98. The zero-order chi connectivity index (χ0) is 17.7. The molecule has 1 rings (SSSR count). The van der Waals surface area contributed by atoms with Gasteiger partial charge in [-0.15, -0.1) is 0 Å². The summed E-state index contributed by atoms with van der Waals surface area (Å²) >= 11 is 0. The Morgan fingerprint density at radius 1 is 1.17 bits per heavy atom. The molecule has 0 fully saturated rings. The third-order valence-electron chi connectivity index (χ3n) is 2.93. The first-order valence-electron chi connectivity index (χ1n) is 6.82. The average molecular weight is 333 g/mol. The number of alkyl halides is 3. The van der Waals surface area contributed by atoms with Crippen LogP contribution in [-0.4, -0.2) is 35.3 Å². The molecule has 23 heavy (non-hydrogen) atoms. The molecule has 0 aromatic heterocycles. The molecular formula is C15H18F3NO4. The molecule has 0 saturated heterocycles. The molecule has 0 spiro atoms. The van der Waals surface area contributed by atoms with E-state index in [0.29, 0.717) is 0 Å². The molecule has 1 aromatic carbocycles. The van der Waals surface area contributed by atoms with Gasteiger partial charge in [0.2, 0.25) is 0 Å². The van der Waals surface area contributed by atoms with E-state index >= 15 is 0 Å². The smallest absolute Gasteiger partial charge is 0.422 e. The van der Waals surface area contributed by atoms with E-state index in [1.54, 1.807) is 13.8 Å². The van der Waals surface area contributed by atoms with E-state index in [1.807, 2.05) is 0 Å². The number of rotatable bonds is 7. The second kappa shape index (κ2) is 7.34. The molecule has 0 aliphatic carbocycles. The van der Waals surface area contributed by atoms with Crippen LogP contribution in [0.25, 0.3) is 0 Å². The fraction of sp³-hybridized carbons (Fsp3) is 0.467. The second-order valence-electron chi connectivity index (χ2n) is 5.66. The van der Waals surface area contributed by atoms with Gasteiger partial charge in [0.05, 0.1) is 0 Å². The molecule has 0 aliphatic rings. The van der Waals surface area contributed by atoms with Crippen LogP contribution in [0.2, 0.25) is 0 Å². The first kappa shape index (κ1) is 18.8. The molecule has 0 aliphatic heterocycles. The number of aliphatic carboxylic acids is 1. The van der Waals surface area contributed by atoms with E-state index in [-0.39, 0.29) is 24.2 Å². The highest BCUT2D eigenvalue weighted by atomic mass is 19.4. The van der Waals surface area contributed by atoms with Gasteiger partial charge in [-0.2, -0.15) is 13.2 Å². The van der Waals surface area contributed by atoms with Crippen molar-refractivity contribution in [2.75, 3.05) is 6.61 Å². The minimum Gasteiger partial charge on any atom is -0.484 e. The van der Waals surface area contributed by atoms with Crippen LogP contribution in [0.4, 0.5) is 13.2 Å². The molecule has 0 bridgehead atoms. The van der Waals surface area contributed by atoms with Crippen LogP contribution >= 0.6 is 0 Å². The van der Waals surface area contributed by atoms with Crippen molar-refractivity contribution in [2.45, 2.75) is 38.4 Å². The Bertz CT molecular complexity index is 553. The number of carbonyl (C=O) groups excluding carboxylic acids is 1. The quantitative estimate of drug-likeness (QED) is 0.804. The highest BCUT2D eigenvalue weighted by Crippen LogP contribution is 2.19. The molecule has 0 unspecified atom stereocenters. The van der Waals surface area contributed by atoms with Crippen molar-refractivity contribution < 1.29 is 32.6 Å². The Morgan fingerprint density at radius 2 is 1.74 bits per heavy atom. The van der Waals surface area contributed by atoms with Gasteiger partial charge in [0.25, 0.3) is 5.91 Å². The Balaban J connectivity index is 2.61. The third-order valence-corrected chi connectivity index (χ3v) is 2.93. The zero-order valence-electron chi connectivity index (χ0n) is 12.7. The number of hydrogen-bond donors (Lipinski definition) is 2. The molecule has 5 nitrogen and oxygen atoms in total. The molecule has 0 heterocycles. The lowest BCUT2D eigenvalue weighted by atomic mass is 9.98. The standard InChI is InChI=1S/C15H18F3NO4/c1-14(2,8-7-12(20)21)19-13(22)10-3-5-11(6-4-10)23-9-15(16,17)18/h3-6H,7-9H2,1-2H3,(H,19,22)(H,20,21). The number of ether oxygens (including phenoxy) is 1. The number of nitrogens with one attached hydrogen (secondary N) is 1. The predicted molar refractivity (Wildman–Crippen MR) is 76.4 cm³/mol. The second-order valence-corrected chi connectivity index (χ2v) is 5.66. The van der Waals surface area contributed by atoms with Gasteiger partial charge in [-0.1, -0.05) is 0 Å². The molecular weight excluding hydrogens is 315 g/mol. The van der Waals surface area contributed by atoms with Crippen molar-refractivity contribution in [1.29, 1.82) is 0 Å². The lowest BCUT2D eigenvalue weighted by Gasteiger charge is -2.25. The number of halogens is 3. The highest BCUT2D eigenvalue weighted by Gasteiger charge is 2.28. The Kier molecular flexibility index (Phi) is 6.00. The fourth-order valence-corrected chi connectivity index (χ4v) is 1.73. The van der Waals surface area contributed by atoms with Gasteiger partial charge in [0.1, 0.15) is 5.75 Å². The zero-order valence-corrected chi connectivity index (χ0v) is 12.7. The van der Waals surface area contributed by atoms with E-state index in [2.05, 4.69) is 10.1 Å². The lowest BCUT2D eigenvalue weighted by Crippen LogP contribution is -2.43. The van der Waals surface area contributed by atoms with Crippen LogP contribution in [0.15, 0.2) is 24.3 Å². The maximum atomic E-state index is 12.1. The van der Waals surface area contributed by atoms with E-state index in [0.717, 1.165) is 0 Å². The summed E-state index contributed by atoms with van der Waals surface area (Å²) in [7, 11) is 0. The molecule has 1 amide bonds. The number of carboxylic acids is 1. The SMILES string of the molecule is CC(C)(CCC(=O)O)NC(=O)c1ccc(OCC(F)(F)F)cc1. The normalized spacial score (nSPS) is 11.9. The monoisotopic (exact) mass is 333 g/mol. The number of carbonyl (C=O) groups is 2. The third kappa shape index (κ3) is 7.53. The van der Waals surface area contributed by atoms with E-state index in [4.69, 9.17) is 5.11 Å². The molecule has 0 radical (unpaired) electrons. The van der Waals surface area contributed by atoms with Crippen LogP contribution < -0.4 is 10.1 Å². The van der Waals surface area contributed by atoms with Crippen LogP contribution in [0, 0.1) is 0 Å². The largest absolute Gasteiger partial charge is 0.484 e. The highest BCUT2D eigenvalue weighted by molar-refractivity contribution is 5.94. The molecule has 0 saturated carbocycles. The summed E-state index contributed by atoms with van der Waals surface area (Å²) in [4.78, 5) is 22.6. The van der Waals surface area contributed by atoms with Crippen LogP contribution in [0.5, 0.6) is 5.75 Å². The average Bonchev–Trinajstić information content (AvgIpc) is 2.42. The van der Waals surface area contributed by atoms with Crippen molar-refractivity contribution in [3.05, 3.63) is 29.8 Å². The molecule has 1 aromatic rings. The summed E-state index contributed by atoms with van der Waals surface area (Å²) in [6, 6.07) is 5.22. The summed E-state index contributed by atoms with van der Waals surface area (Å²) in [6.07, 6.45) is -4.26. The lowest BCUT2D eigenvalue weighted by molar-refractivity contribution is -0.153. The van der Waals surface area contributed by atoms with Gasteiger partial charge < -0.3 is 15.2 Å². The summed E-state index contributed by atoms with van der Waals surface area (Å²) in [5.74, 6) is -1.40. The van der Waals surface area contributed by atoms with Crippen LogP contribution in [0.3, 0.4) is 0 Å².